The van der Waals surface area contributed by atoms with Crippen LogP contribution in [0.15, 0.2) is 42.5 Å². The van der Waals surface area contributed by atoms with Gasteiger partial charge in [-0.15, -0.1) is 0 Å². The second-order valence-electron chi connectivity index (χ2n) is 7.35. The predicted molar refractivity (Wildman–Crippen MR) is 111 cm³/mol. The second kappa shape index (κ2) is 8.83. The number of carbonyl (C=O) groups is 2. The Morgan fingerprint density at radius 2 is 1.72 bits per heavy atom. The summed E-state index contributed by atoms with van der Waals surface area (Å²) in [6.45, 7) is 0.494. The number of hydrogen-bond donors (Lipinski definition) is 3. The zero-order valence-corrected chi connectivity index (χ0v) is 17.1. The van der Waals surface area contributed by atoms with E-state index in [1.165, 1.54) is 0 Å². The van der Waals surface area contributed by atoms with Crippen molar-refractivity contribution in [3.05, 3.63) is 48.0 Å². The number of fused-ring (bicyclic) bond motifs is 1. The summed E-state index contributed by atoms with van der Waals surface area (Å²) in [6.07, 6.45) is 0. The number of hydrogen-bond acceptors (Lipinski definition) is 5. The van der Waals surface area contributed by atoms with E-state index < -0.39 is 11.8 Å². The Labute approximate surface area is 170 Å². The van der Waals surface area contributed by atoms with Crippen molar-refractivity contribution in [3.8, 4) is 11.5 Å². The Bertz CT molecular complexity index is 881. The number of nitrogens with zero attached hydrogens (tertiary/aromatic N) is 1. The lowest BCUT2D eigenvalue weighted by molar-refractivity contribution is -0.890. The molecule has 0 aromatic heterocycles. The van der Waals surface area contributed by atoms with Gasteiger partial charge in [0, 0.05) is 37.1 Å². The molecule has 1 heterocycles. The first-order chi connectivity index (χ1) is 13.8. The number of carbonyl (C=O) groups excluding carboxylic acids is 2. The minimum Gasteiger partial charge on any atom is -0.454 e. The van der Waals surface area contributed by atoms with Crippen molar-refractivity contribution in [1.29, 1.82) is 0 Å². The highest BCUT2D eigenvalue weighted by Crippen LogP contribution is 2.34. The molecule has 2 aromatic carbocycles. The van der Waals surface area contributed by atoms with Crippen LogP contribution in [0.25, 0.3) is 0 Å². The van der Waals surface area contributed by atoms with Gasteiger partial charge in [0.05, 0.1) is 20.6 Å². The van der Waals surface area contributed by atoms with E-state index in [1.807, 2.05) is 57.4 Å². The van der Waals surface area contributed by atoms with Gasteiger partial charge in [-0.1, -0.05) is 12.1 Å². The number of ether oxygens (including phenoxy) is 2. The predicted octanol–water partition coefficient (Wildman–Crippen LogP) is 0.422. The van der Waals surface area contributed by atoms with Crippen molar-refractivity contribution in [1.82, 2.24) is 5.32 Å². The molecule has 0 fully saturated rings. The highest BCUT2D eigenvalue weighted by atomic mass is 16.7. The molecule has 0 aliphatic carbocycles. The van der Waals surface area contributed by atoms with Crippen LogP contribution in [0.5, 0.6) is 11.5 Å². The van der Waals surface area contributed by atoms with Crippen molar-refractivity contribution in [3.63, 3.8) is 0 Å². The standard InChI is InChI=1S/C21H26N4O4/c1-24(2)16-8-5-14(6-9-16)17(25(3)4)12-22-20(26)21(27)23-15-7-10-18-19(11-15)29-13-28-18/h5-11,17H,12-13H2,1-4H3,(H,22,26)(H,23,27)/p+1/t17-/m1/s1. The van der Waals surface area contributed by atoms with Crippen molar-refractivity contribution in [2.75, 3.05) is 51.7 Å². The van der Waals surface area contributed by atoms with Crippen LogP contribution in [0.3, 0.4) is 0 Å². The smallest absolute Gasteiger partial charge is 0.313 e. The van der Waals surface area contributed by atoms with Crippen LogP contribution >= 0.6 is 0 Å². The van der Waals surface area contributed by atoms with Gasteiger partial charge in [0.2, 0.25) is 6.79 Å². The number of benzene rings is 2. The van der Waals surface area contributed by atoms with Gasteiger partial charge in [0.1, 0.15) is 6.04 Å². The summed E-state index contributed by atoms with van der Waals surface area (Å²) in [5.41, 5.74) is 2.67. The third-order valence-electron chi connectivity index (χ3n) is 4.81. The summed E-state index contributed by atoms with van der Waals surface area (Å²) in [7, 11) is 8.01. The lowest BCUT2D eigenvalue weighted by Crippen LogP contribution is -3.07. The van der Waals surface area contributed by atoms with Gasteiger partial charge in [-0.25, -0.2) is 0 Å². The fourth-order valence-corrected chi connectivity index (χ4v) is 3.10. The minimum atomic E-state index is -0.723. The van der Waals surface area contributed by atoms with E-state index in [0.717, 1.165) is 16.2 Å². The molecule has 0 unspecified atom stereocenters. The fourth-order valence-electron chi connectivity index (χ4n) is 3.10. The molecule has 0 radical (unpaired) electrons. The van der Waals surface area contributed by atoms with E-state index in [0.29, 0.717) is 23.7 Å². The lowest BCUT2D eigenvalue weighted by Gasteiger charge is -2.23. The van der Waals surface area contributed by atoms with Gasteiger partial charge >= 0.3 is 11.8 Å². The number of rotatable bonds is 6. The molecule has 0 spiro atoms. The zero-order valence-electron chi connectivity index (χ0n) is 17.1. The molecular weight excluding hydrogens is 372 g/mol. The number of amides is 2. The van der Waals surface area contributed by atoms with Gasteiger partial charge in [-0.2, -0.15) is 0 Å². The van der Waals surface area contributed by atoms with E-state index in [4.69, 9.17) is 9.47 Å². The highest BCUT2D eigenvalue weighted by molar-refractivity contribution is 6.39. The molecule has 2 aromatic rings. The Morgan fingerprint density at radius 3 is 2.38 bits per heavy atom. The highest BCUT2D eigenvalue weighted by Gasteiger charge is 2.22. The molecule has 0 bridgehead atoms. The van der Waals surface area contributed by atoms with E-state index in [-0.39, 0.29) is 12.8 Å². The fraction of sp³-hybridized carbons (Fsp3) is 0.333. The number of nitrogens with one attached hydrogen (secondary N) is 3. The molecule has 1 aliphatic rings. The number of likely N-dealkylation sites (N-methyl/N-ethyl adjacent to an activating group) is 1. The van der Waals surface area contributed by atoms with Crippen molar-refractivity contribution < 1.29 is 24.0 Å². The van der Waals surface area contributed by atoms with Crippen LogP contribution in [0.1, 0.15) is 11.6 Å². The maximum atomic E-state index is 12.3. The molecule has 0 saturated carbocycles. The van der Waals surface area contributed by atoms with Gasteiger partial charge in [-0.05, 0) is 24.3 Å². The second-order valence-corrected chi connectivity index (χ2v) is 7.35. The van der Waals surface area contributed by atoms with Gasteiger partial charge in [-0.3, -0.25) is 9.59 Å². The average Bonchev–Trinajstić information content (AvgIpc) is 3.16. The number of anilines is 2. The largest absolute Gasteiger partial charge is 0.454 e. The first kappa shape index (κ1) is 20.5. The summed E-state index contributed by atoms with van der Waals surface area (Å²) in [5.74, 6) is -0.247. The van der Waals surface area contributed by atoms with Gasteiger partial charge in [0.25, 0.3) is 0 Å². The maximum Gasteiger partial charge on any atom is 0.313 e. The Morgan fingerprint density at radius 1 is 1.03 bits per heavy atom. The summed E-state index contributed by atoms with van der Waals surface area (Å²) in [6, 6.07) is 13.2. The monoisotopic (exact) mass is 399 g/mol. The van der Waals surface area contributed by atoms with Crippen LogP contribution < -0.4 is 29.9 Å². The summed E-state index contributed by atoms with van der Waals surface area (Å²) < 4.78 is 10.5. The molecule has 8 nitrogen and oxygen atoms in total. The molecule has 1 aliphatic heterocycles. The van der Waals surface area contributed by atoms with E-state index >= 15 is 0 Å². The molecular formula is C21H27N4O4+. The third-order valence-corrected chi connectivity index (χ3v) is 4.81. The summed E-state index contributed by atoms with van der Waals surface area (Å²) in [5, 5.41) is 5.32. The molecule has 2 amide bonds. The molecule has 1 atom stereocenters. The number of quaternary nitrogens is 1. The van der Waals surface area contributed by atoms with E-state index in [9.17, 15) is 9.59 Å². The van der Waals surface area contributed by atoms with Gasteiger partial charge in [0.15, 0.2) is 11.5 Å². The Balaban J connectivity index is 1.59. The van der Waals surface area contributed by atoms with Crippen LogP contribution in [-0.2, 0) is 9.59 Å². The lowest BCUT2D eigenvalue weighted by atomic mass is 10.1. The van der Waals surface area contributed by atoms with Crippen molar-refractivity contribution >= 4 is 23.2 Å². The van der Waals surface area contributed by atoms with Crippen LogP contribution in [-0.4, -0.2) is 53.3 Å². The quantitative estimate of drug-likeness (QED) is 0.614. The van der Waals surface area contributed by atoms with Crippen LogP contribution in [0.4, 0.5) is 11.4 Å². The first-order valence-corrected chi connectivity index (χ1v) is 9.41. The van der Waals surface area contributed by atoms with Crippen molar-refractivity contribution in [2.24, 2.45) is 0 Å². The summed E-state index contributed by atoms with van der Waals surface area (Å²) >= 11 is 0. The Hall–Kier alpha value is -3.26. The zero-order chi connectivity index (χ0) is 21.0. The molecule has 154 valence electrons. The molecule has 0 saturated heterocycles. The molecule has 3 rings (SSSR count). The van der Waals surface area contributed by atoms with E-state index in [1.54, 1.807) is 18.2 Å². The van der Waals surface area contributed by atoms with Crippen LogP contribution in [0, 0.1) is 0 Å². The first-order valence-electron chi connectivity index (χ1n) is 9.41. The van der Waals surface area contributed by atoms with Gasteiger partial charge < -0.3 is 29.9 Å². The maximum absolute atomic E-state index is 12.3. The SMILES string of the molecule is CN(C)c1ccc([C@@H](CNC(=O)C(=O)Nc2ccc3c(c2)OCO3)[NH+](C)C)cc1. The average molecular weight is 399 g/mol. The topological polar surface area (TPSA) is 84.3 Å². The summed E-state index contributed by atoms with van der Waals surface area (Å²) in [4.78, 5) is 27.7. The molecule has 3 N–H and O–H groups in total. The third kappa shape index (κ3) is 4.97. The molecule has 29 heavy (non-hydrogen) atoms. The van der Waals surface area contributed by atoms with E-state index in [2.05, 4.69) is 10.6 Å². The normalized spacial score (nSPS) is 13.1. The van der Waals surface area contributed by atoms with Crippen LogP contribution in [0.2, 0.25) is 0 Å². The molecule has 8 heteroatoms. The van der Waals surface area contributed by atoms with Crippen molar-refractivity contribution in [2.45, 2.75) is 6.04 Å². The minimum absolute atomic E-state index is 0.0218. The Kier molecular flexibility index (Phi) is 6.23.